The smallest absolute Gasteiger partial charge is 0.0611 e. The molecule has 2 heteroatoms. The molecule has 14 heavy (non-hydrogen) atoms. The lowest BCUT2D eigenvalue weighted by molar-refractivity contribution is 0.315. The quantitative estimate of drug-likeness (QED) is 0.491. The van der Waals surface area contributed by atoms with E-state index in [1.54, 1.807) is 0 Å². The van der Waals surface area contributed by atoms with Gasteiger partial charge in [-0.1, -0.05) is 29.4 Å². The maximum Gasteiger partial charge on any atom is 0.0611 e. The first-order valence-electron chi connectivity index (χ1n) is 5.17. The maximum absolute atomic E-state index is 8.88. The van der Waals surface area contributed by atoms with Crippen molar-refractivity contribution in [2.24, 2.45) is 11.1 Å². The average molecular weight is 187 g/mol. The molecule has 0 spiro atoms. The Morgan fingerprint density at radius 3 is 2.86 bits per heavy atom. The number of hydrogen-bond acceptors (Lipinski definition) is 2. The van der Waals surface area contributed by atoms with Crippen LogP contribution in [0.15, 0.2) is 29.4 Å². The highest BCUT2D eigenvalue weighted by molar-refractivity contribution is 5.90. The molecule has 3 rings (SSSR count). The zero-order valence-electron chi connectivity index (χ0n) is 7.98. The van der Waals surface area contributed by atoms with Crippen LogP contribution in [0, 0.1) is 5.92 Å². The van der Waals surface area contributed by atoms with Crippen molar-refractivity contribution in [3.05, 3.63) is 35.4 Å². The molecule has 1 saturated carbocycles. The third-order valence-corrected chi connectivity index (χ3v) is 3.59. The van der Waals surface area contributed by atoms with Gasteiger partial charge in [0.25, 0.3) is 0 Å². The van der Waals surface area contributed by atoms with Crippen LogP contribution in [-0.2, 0) is 6.42 Å². The molecule has 2 aliphatic rings. The lowest BCUT2D eigenvalue weighted by Crippen LogP contribution is -2.13. The molecule has 1 fully saturated rings. The van der Waals surface area contributed by atoms with Crippen molar-refractivity contribution >= 4 is 5.71 Å². The Kier molecular flexibility index (Phi) is 1.63. The summed E-state index contributed by atoms with van der Waals surface area (Å²) in [6, 6.07) is 8.62. The van der Waals surface area contributed by atoms with Crippen molar-refractivity contribution in [1.29, 1.82) is 0 Å². The summed E-state index contributed by atoms with van der Waals surface area (Å²) in [6.07, 6.45) is 3.20. The van der Waals surface area contributed by atoms with E-state index in [4.69, 9.17) is 5.21 Å². The third-order valence-electron chi connectivity index (χ3n) is 3.59. The number of nitrogens with zero attached hydrogens (tertiary/aromatic N) is 1. The highest BCUT2D eigenvalue weighted by Crippen LogP contribution is 2.44. The summed E-state index contributed by atoms with van der Waals surface area (Å²) in [7, 11) is 0. The highest BCUT2D eigenvalue weighted by atomic mass is 16.4. The van der Waals surface area contributed by atoms with E-state index in [-0.39, 0.29) is 0 Å². The number of rotatable bonds is 0. The fourth-order valence-electron chi connectivity index (χ4n) is 2.93. The molecule has 2 unspecified atom stereocenters. The maximum atomic E-state index is 8.88. The molecular weight excluding hydrogens is 174 g/mol. The van der Waals surface area contributed by atoms with Crippen molar-refractivity contribution in [3.63, 3.8) is 0 Å². The molecule has 1 N–H and O–H groups in total. The minimum absolute atomic E-state index is 0.500. The van der Waals surface area contributed by atoms with Gasteiger partial charge >= 0.3 is 0 Å². The lowest BCUT2D eigenvalue weighted by atomic mass is 9.83. The Balaban J connectivity index is 2.07. The Morgan fingerprint density at radius 1 is 1.14 bits per heavy atom. The zero-order valence-corrected chi connectivity index (χ0v) is 7.98. The monoisotopic (exact) mass is 187 g/mol. The first-order chi connectivity index (χ1) is 6.88. The Morgan fingerprint density at radius 2 is 2.00 bits per heavy atom. The van der Waals surface area contributed by atoms with Gasteiger partial charge in [0.05, 0.1) is 5.71 Å². The normalized spacial score (nSPS) is 31.9. The molecule has 2 aliphatic carbocycles. The second-order valence-electron chi connectivity index (χ2n) is 4.33. The number of oxime groups is 1. The van der Waals surface area contributed by atoms with Gasteiger partial charge in [-0.25, -0.2) is 0 Å². The van der Waals surface area contributed by atoms with Crippen LogP contribution in [0.4, 0.5) is 0 Å². The summed E-state index contributed by atoms with van der Waals surface area (Å²) in [5.74, 6) is 1.11. The number of hydrogen-bond donors (Lipinski definition) is 1. The first kappa shape index (κ1) is 8.04. The fourth-order valence-corrected chi connectivity index (χ4v) is 2.93. The minimum atomic E-state index is 0.500. The molecule has 2 bridgehead atoms. The van der Waals surface area contributed by atoms with E-state index in [1.807, 2.05) is 0 Å². The standard InChI is InChI=1S/C12H13NO/c14-13-12-7-9-6-10(12)5-8-3-1-2-4-11(8)9/h1-4,9-10,14H,5-7H2/b13-12+. The van der Waals surface area contributed by atoms with Gasteiger partial charge in [0.2, 0.25) is 0 Å². The van der Waals surface area contributed by atoms with Crippen molar-refractivity contribution in [3.8, 4) is 0 Å². The molecule has 0 heterocycles. The van der Waals surface area contributed by atoms with Crippen LogP contribution in [0.25, 0.3) is 0 Å². The third kappa shape index (κ3) is 0.999. The second-order valence-corrected chi connectivity index (χ2v) is 4.33. The van der Waals surface area contributed by atoms with Gasteiger partial charge < -0.3 is 5.21 Å². The molecule has 0 aliphatic heterocycles. The largest absolute Gasteiger partial charge is 0.411 e. The molecule has 0 radical (unpaired) electrons. The van der Waals surface area contributed by atoms with Gasteiger partial charge in [0, 0.05) is 5.92 Å². The minimum Gasteiger partial charge on any atom is -0.411 e. The lowest BCUT2D eigenvalue weighted by Gasteiger charge is -2.21. The predicted octanol–water partition coefficient (Wildman–Crippen LogP) is 2.57. The summed E-state index contributed by atoms with van der Waals surface area (Å²) < 4.78 is 0. The van der Waals surface area contributed by atoms with Crippen LogP contribution in [0.2, 0.25) is 0 Å². The summed E-state index contributed by atoms with van der Waals surface area (Å²) >= 11 is 0. The number of benzene rings is 1. The SMILES string of the molecule is O/N=C1\CC2CC1Cc1ccccc12. The van der Waals surface area contributed by atoms with E-state index in [1.165, 1.54) is 17.5 Å². The molecule has 2 atom stereocenters. The highest BCUT2D eigenvalue weighted by Gasteiger charge is 2.37. The van der Waals surface area contributed by atoms with E-state index < -0.39 is 0 Å². The fraction of sp³-hybridized carbons (Fsp3) is 0.417. The van der Waals surface area contributed by atoms with E-state index in [0.29, 0.717) is 11.8 Å². The van der Waals surface area contributed by atoms with Crippen LogP contribution in [0.3, 0.4) is 0 Å². The molecule has 72 valence electrons. The topological polar surface area (TPSA) is 32.6 Å². The van der Waals surface area contributed by atoms with Crippen molar-refractivity contribution in [2.45, 2.75) is 25.2 Å². The van der Waals surface area contributed by atoms with Crippen LogP contribution < -0.4 is 0 Å². The van der Waals surface area contributed by atoms with E-state index >= 15 is 0 Å². The van der Waals surface area contributed by atoms with E-state index in [0.717, 1.165) is 18.6 Å². The molecule has 0 saturated heterocycles. The summed E-state index contributed by atoms with van der Waals surface area (Å²) in [5, 5.41) is 12.3. The van der Waals surface area contributed by atoms with Crippen LogP contribution in [-0.4, -0.2) is 10.9 Å². The average Bonchev–Trinajstić information content (AvgIpc) is 2.57. The molecule has 0 aromatic heterocycles. The van der Waals surface area contributed by atoms with Crippen LogP contribution in [0.5, 0.6) is 0 Å². The van der Waals surface area contributed by atoms with Crippen molar-refractivity contribution in [2.75, 3.05) is 0 Å². The van der Waals surface area contributed by atoms with Crippen LogP contribution in [0.1, 0.15) is 29.9 Å². The van der Waals surface area contributed by atoms with Crippen LogP contribution >= 0.6 is 0 Å². The van der Waals surface area contributed by atoms with Crippen molar-refractivity contribution < 1.29 is 5.21 Å². The summed E-state index contributed by atoms with van der Waals surface area (Å²) in [6.45, 7) is 0. The first-order valence-corrected chi connectivity index (χ1v) is 5.17. The van der Waals surface area contributed by atoms with E-state index in [9.17, 15) is 0 Å². The molecule has 0 amide bonds. The molecular formula is C12H13NO. The van der Waals surface area contributed by atoms with Gasteiger partial charge in [-0.2, -0.15) is 0 Å². The summed E-state index contributed by atoms with van der Waals surface area (Å²) in [5.41, 5.74) is 3.93. The van der Waals surface area contributed by atoms with Gasteiger partial charge in [-0.15, -0.1) is 0 Å². The Bertz CT molecular complexity index is 397. The Hall–Kier alpha value is -1.31. The predicted molar refractivity (Wildman–Crippen MR) is 54.8 cm³/mol. The molecule has 1 aromatic rings. The van der Waals surface area contributed by atoms with Gasteiger partial charge in [0.1, 0.15) is 0 Å². The van der Waals surface area contributed by atoms with Gasteiger partial charge in [-0.05, 0) is 36.3 Å². The zero-order chi connectivity index (χ0) is 9.54. The second kappa shape index (κ2) is 2.84. The van der Waals surface area contributed by atoms with Gasteiger partial charge in [-0.3, -0.25) is 0 Å². The molecule has 2 nitrogen and oxygen atoms in total. The van der Waals surface area contributed by atoms with E-state index in [2.05, 4.69) is 29.4 Å². The van der Waals surface area contributed by atoms with Crippen molar-refractivity contribution in [1.82, 2.24) is 0 Å². The number of fused-ring (bicyclic) bond motifs is 4. The van der Waals surface area contributed by atoms with Gasteiger partial charge in [0.15, 0.2) is 0 Å². The summed E-state index contributed by atoms with van der Waals surface area (Å²) in [4.78, 5) is 0. The Labute approximate surface area is 83.3 Å². The molecule has 1 aromatic carbocycles.